The number of rotatable bonds is 11. The lowest BCUT2D eigenvalue weighted by Gasteiger charge is -2.16. The number of nitrogens with one attached hydrogen (secondary N) is 2. The first-order valence-electron chi connectivity index (χ1n) is 11.7. The van der Waals surface area contributed by atoms with E-state index in [1.165, 1.54) is 19.2 Å². The van der Waals surface area contributed by atoms with Crippen LogP contribution in [0.15, 0.2) is 71.7 Å². The number of nitrogens with two attached hydrogens (primary N) is 2. The van der Waals surface area contributed by atoms with Crippen molar-refractivity contribution < 1.29 is 23.9 Å². The summed E-state index contributed by atoms with van der Waals surface area (Å²) in [5, 5.41) is 7.03. The number of unbranched alkanes of at least 4 members (excludes halogenated alkanes) is 1. The number of benzene rings is 3. The molecule has 1 atom stereocenters. The third kappa shape index (κ3) is 7.38. The number of esters is 1. The molecule has 0 spiro atoms. The van der Waals surface area contributed by atoms with Crippen LogP contribution < -0.4 is 22.1 Å². The van der Waals surface area contributed by atoms with Crippen LogP contribution in [-0.2, 0) is 14.3 Å². The van der Waals surface area contributed by atoms with Gasteiger partial charge in [-0.25, -0.2) is 4.79 Å². The minimum absolute atomic E-state index is 0.00878. The van der Waals surface area contributed by atoms with Gasteiger partial charge in [-0.1, -0.05) is 42.5 Å². The molecule has 1 unspecified atom stereocenters. The number of aliphatic imine (C=N–C) groups is 1. The summed E-state index contributed by atoms with van der Waals surface area (Å²) in [6.45, 7) is 0.368. The van der Waals surface area contributed by atoms with Crippen LogP contribution in [0.5, 0.6) is 0 Å². The van der Waals surface area contributed by atoms with Crippen LogP contribution in [0.25, 0.3) is 10.8 Å². The number of hydrogen-bond acceptors (Lipinski definition) is 6. The first kappa shape index (κ1) is 26.9. The van der Waals surface area contributed by atoms with E-state index in [-0.39, 0.29) is 23.6 Å². The average molecular weight is 504 g/mol. The zero-order chi connectivity index (χ0) is 26.8. The van der Waals surface area contributed by atoms with E-state index in [0.717, 1.165) is 10.8 Å². The van der Waals surface area contributed by atoms with Crippen molar-refractivity contribution >= 4 is 46.0 Å². The van der Waals surface area contributed by atoms with Gasteiger partial charge in [-0.15, -0.1) is 0 Å². The van der Waals surface area contributed by atoms with E-state index in [0.29, 0.717) is 24.9 Å². The van der Waals surface area contributed by atoms with Gasteiger partial charge in [-0.05, 0) is 54.3 Å². The highest BCUT2D eigenvalue weighted by atomic mass is 16.5. The summed E-state index contributed by atoms with van der Waals surface area (Å²) < 4.78 is 4.76. The Morgan fingerprint density at radius 3 is 2.35 bits per heavy atom. The molecule has 0 aliphatic carbocycles. The van der Waals surface area contributed by atoms with E-state index in [1.807, 2.05) is 30.3 Å². The Morgan fingerprint density at radius 1 is 0.919 bits per heavy atom. The Bertz CT molecular complexity index is 1330. The molecule has 0 fully saturated rings. The van der Waals surface area contributed by atoms with E-state index in [4.69, 9.17) is 16.2 Å². The fourth-order valence-corrected chi connectivity index (χ4v) is 3.72. The molecule has 0 heterocycles. The van der Waals surface area contributed by atoms with Gasteiger partial charge in [-0.3, -0.25) is 19.4 Å². The number of Topliss-reactive ketones (excluding diaryl/α,β-unsaturated/α-hetero) is 1. The predicted octanol–water partition coefficient (Wildman–Crippen LogP) is 2.38. The van der Waals surface area contributed by atoms with Crippen molar-refractivity contribution in [3.05, 3.63) is 77.9 Å². The Hall–Kier alpha value is -4.73. The molecule has 6 N–H and O–H groups in total. The number of carbonyl (C=O) groups excluding carboxylic acids is 4. The molecule has 37 heavy (non-hydrogen) atoms. The second-order valence-electron chi connectivity index (χ2n) is 8.24. The Balaban J connectivity index is 1.70. The summed E-state index contributed by atoms with van der Waals surface area (Å²) in [6, 6.07) is 18.0. The molecule has 0 saturated carbocycles. The van der Waals surface area contributed by atoms with E-state index in [2.05, 4.69) is 15.6 Å². The number of ether oxygens (including phenoxy) is 1. The SMILES string of the molecule is COC(=O)C(CCCCN=C(N)N)NC(=O)C(=O)c1ccccc1NC(=O)c1ccc2ccccc2c1. The second kappa shape index (κ2) is 12.8. The average Bonchev–Trinajstić information content (AvgIpc) is 2.91. The highest BCUT2D eigenvalue weighted by Crippen LogP contribution is 2.20. The summed E-state index contributed by atoms with van der Waals surface area (Å²) in [5.74, 6) is -3.04. The van der Waals surface area contributed by atoms with Gasteiger partial charge in [0.25, 0.3) is 17.6 Å². The number of amides is 2. The third-order valence-corrected chi connectivity index (χ3v) is 5.62. The second-order valence-corrected chi connectivity index (χ2v) is 8.24. The maximum Gasteiger partial charge on any atom is 0.328 e. The fraction of sp³-hybridized carbons (Fsp3) is 0.222. The number of fused-ring (bicyclic) bond motifs is 1. The first-order valence-corrected chi connectivity index (χ1v) is 11.7. The molecule has 0 aliphatic rings. The number of carbonyl (C=O) groups is 4. The van der Waals surface area contributed by atoms with Gasteiger partial charge in [0.2, 0.25) is 0 Å². The number of anilines is 1. The first-order chi connectivity index (χ1) is 17.8. The van der Waals surface area contributed by atoms with Gasteiger partial charge in [-0.2, -0.15) is 0 Å². The van der Waals surface area contributed by atoms with E-state index in [9.17, 15) is 19.2 Å². The van der Waals surface area contributed by atoms with Crippen molar-refractivity contribution in [2.45, 2.75) is 25.3 Å². The topological polar surface area (TPSA) is 166 Å². The molecule has 10 nitrogen and oxygen atoms in total. The predicted molar refractivity (Wildman–Crippen MR) is 141 cm³/mol. The van der Waals surface area contributed by atoms with Crippen LogP contribution in [0.1, 0.15) is 40.0 Å². The number of hydrogen-bond donors (Lipinski definition) is 4. The summed E-state index contributed by atoms with van der Waals surface area (Å²) in [7, 11) is 1.19. The van der Waals surface area contributed by atoms with Gasteiger partial charge in [0, 0.05) is 12.1 Å². The van der Waals surface area contributed by atoms with Crippen molar-refractivity contribution in [1.29, 1.82) is 0 Å². The summed E-state index contributed by atoms with van der Waals surface area (Å²) in [5.41, 5.74) is 11.1. The Kier molecular flexibility index (Phi) is 9.31. The molecular weight excluding hydrogens is 474 g/mol. The van der Waals surface area contributed by atoms with E-state index < -0.39 is 29.6 Å². The standard InChI is InChI=1S/C27H29N5O5/c1-37-26(36)22(12-6-7-15-30-27(28)29)32-25(35)23(33)20-10-4-5-11-21(20)31-24(34)19-14-13-17-8-2-3-9-18(17)16-19/h2-5,8-11,13-14,16,22H,6-7,12,15H2,1H3,(H,31,34)(H,32,35)(H4,28,29,30). The zero-order valence-corrected chi connectivity index (χ0v) is 20.4. The van der Waals surface area contributed by atoms with Gasteiger partial charge >= 0.3 is 5.97 Å². The van der Waals surface area contributed by atoms with Gasteiger partial charge in [0.05, 0.1) is 18.4 Å². The fourth-order valence-electron chi connectivity index (χ4n) is 3.72. The number of methoxy groups -OCH3 is 1. The van der Waals surface area contributed by atoms with Crippen molar-refractivity contribution in [1.82, 2.24) is 5.32 Å². The van der Waals surface area contributed by atoms with Crippen molar-refractivity contribution in [3.8, 4) is 0 Å². The van der Waals surface area contributed by atoms with Crippen LogP contribution in [0, 0.1) is 0 Å². The van der Waals surface area contributed by atoms with Gasteiger partial charge < -0.3 is 26.8 Å². The number of ketones is 1. The molecule has 192 valence electrons. The lowest BCUT2D eigenvalue weighted by Crippen LogP contribution is -2.44. The van der Waals surface area contributed by atoms with Crippen LogP contribution in [0.2, 0.25) is 0 Å². The van der Waals surface area contributed by atoms with Crippen LogP contribution in [0.3, 0.4) is 0 Å². The molecule has 0 saturated heterocycles. The summed E-state index contributed by atoms with van der Waals surface area (Å²) >= 11 is 0. The minimum Gasteiger partial charge on any atom is -0.467 e. The molecule has 0 radical (unpaired) electrons. The molecular formula is C27H29N5O5. The normalized spacial score (nSPS) is 11.3. The molecule has 0 bridgehead atoms. The van der Waals surface area contributed by atoms with Crippen molar-refractivity contribution in [2.24, 2.45) is 16.5 Å². The van der Waals surface area contributed by atoms with Crippen molar-refractivity contribution in [2.75, 3.05) is 19.0 Å². The maximum absolute atomic E-state index is 13.0. The summed E-state index contributed by atoms with van der Waals surface area (Å²) in [4.78, 5) is 54.7. The largest absolute Gasteiger partial charge is 0.467 e. The summed E-state index contributed by atoms with van der Waals surface area (Å²) in [6.07, 6.45) is 1.30. The molecule has 3 aromatic rings. The molecule has 2 amide bonds. The van der Waals surface area contributed by atoms with Gasteiger partial charge in [0.1, 0.15) is 6.04 Å². The van der Waals surface area contributed by atoms with Crippen LogP contribution in [0.4, 0.5) is 5.69 Å². The van der Waals surface area contributed by atoms with Crippen LogP contribution >= 0.6 is 0 Å². The monoisotopic (exact) mass is 503 g/mol. The quantitative estimate of drug-likeness (QED) is 0.0778. The lowest BCUT2D eigenvalue weighted by atomic mass is 10.0. The number of para-hydroxylation sites is 1. The zero-order valence-electron chi connectivity index (χ0n) is 20.4. The molecule has 0 aliphatic heterocycles. The number of guanidine groups is 1. The highest BCUT2D eigenvalue weighted by Gasteiger charge is 2.27. The van der Waals surface area contributed by atoms with E-state index in [1.54, 1.807) is 24.3 Å². The molecule has 10 heteroatoms. The van der Waals surface area contributed by atoms with E-state index >= 15 is 0 Å². The minimum atomic E-state index is -1.03. The van der Waals surface area contributed by atoms with Gasteiger partial charge in [0.15, 0.2) is 5.96 Å². The molecule has 0 aromatic heterocycles. The smallest absolute Gasteiger partial charge is 0.328 e. The van der Waals surface area contributed by atoms with Crippen molar-refractivity contribution in [3.63, 3.8) is 0 Å². The third-order valence-electron chi connectivity index (χ3n) is 5.62. The Labute approximate surface area is 214 Å². The maximum atomic E-state index is 13.0. The lowest BCUT2D eigenvalue weighted by molar-refractivity contribution is -0.144. The molecule has 3 aromatic carbocycles. The number of nitrogens with zero attached hydrogens (tertiary/aromatic N) is 1. The Morgan fingerprint density at radius 2 is 1.62 bits per heavy atom. The molecule has 3 rings (SSSR count). The van der Waals surface area contributed by atoms with Crippen LogP contribution in [-0.4, -0.2) is 49.2 Å². The highest BCUT2D eigenvalue weighted by molar-refractivity contribution is 6.44.